The Bertz CT molecular complexity index is 395. The molecular weight excluding hydrogens is 186 g/mol. The van der Waals surface area contributed by atoms with Crippen LogP contribution in [0.1, 0.15) is 31.9 Å². The van der Waals surface area contributed by atoms with Crippen LogP contribution >= 0.6 is 0 Å². The number of hydrogen-bond acceptors (Lipinski definition) is 1. The van der Waals surface area contributed by atoms with Crippen molar-refractivity contribution in [2.75, 3.05) is 6.54 Å². The summed E-state index contributed by atoms with van der Waals surface area (Å²) in [5.41, 5.74) is 2.62. The lowest BCUT2D eigenvalue weighted by Gasteiger charge is -2.39. The van der Waals surface area contributed by atoms with Crippen LogP contribution in [0.4, 0.5) is 0 Å². The molecule has 0 aliphatic carbocycles. The van der Waals surface area contributed by atoms with Crippen molar-refractivity contribution >= 4 is 5.91 Å². The van der Waals surface area contributed by atoms with Crippen LogP contribution in [0, 0.1) is 6.07 Å². The van der Waals surface area contributed by atoms with Gasteiger partial charge in [0.1, 0.15) is 0 Å². The molecule has 0 N–H and O–H groups in total. The fourth-order valence-electron chi connectivity index (χ4n) is 2.30. The average molecular weight is 202 g/mol. The molecule has 1 aliphatic rings. The van der Waals surface area contributed by atoms with E-state index in [0.29, 0.717) is 0 Å². The van der Waals surface area contributed by atoms with Crippen molar-refractivity contribution in [2.24, 2.45) is 0 Å². The quantitative estimate of drug-likeness (QED) is 0.631. The van der Waals surface area contributed by atoms with E-state index in [1.807, 2.05) is 17.0 Å². The number of fused-ring (bicyclic) bond motifs is 1. The van der Waals surface area contributed by atoms with Gasteiger partial charge in [-0.1, -0.05) is 26.0 Å². The van der Waals surface area contributed by atoms with Crippen molar-refractivity contribution in [1.29, 1.82) is 0 Å². The normalized spacial score (nSPS) is 18.5. The zero-order valence-electron chi connectivity index (χ0n) is 9.50. The van der Waals surface area contributed by atoms with Crippen molar-refractivity contribution in [3.05, 3.63) is 35.4 Å². The highest BCUT2D eigenvalue weighted by atomic mass is 16.2. The van der Waals surface area contributed by atoms with E-state index >= 15 is 0 Å². The van der Waals surface area contributed by atoms with Crippen LogP contribution in [0.25, 0.3) is 0 Å². The van der Waals surface area contributed by atoms with Gasteiger partial charge in [-0.15, -0.1) is 0 Å². The Morgan fingerprint density at radius 3 is 2.93 bits per heavy atom. The summed E-state index contributed by atoms with van der Waals surface area (Å²) in [4.78, 5) is 13.3. The summed E-state index contributed by atoms with van der Waals surface area (Å²) in [6.45, 7) is 7.53. The summed E-state index contributed by atoms with van der Waals surface area (Å²) < 4.78 is 0. The Hall–Kier alpha value is -1.31. The molecule has 79 valence electrons. The third-order valence-electron chi connectivity index (χ3n) is 3.07. The SMILES string of the molecule is CC(=O)N1Cc2c[c]ccc2C(C)(C)C1. The predicted molar refractivity (Wildman–Crippen MR) is 59.4 cm³/mol. The van der Waals surface area contributed by atoms with Crippen molar-refractivity contribution in [3.63, 3.8) is 0 Å². The largest absolute Gasteiger partial charge is 0.338 e. The van der Waals surface area contributed by atoms with Gasteiger partial charge in [-0.3, -0.25) is 4.79 Å². The monoisotopic (exact) mass is 202 g/mol. The zero-order chi connectivity index (χ0) is 11.1. The molecule has 15 heavy (non-hydrogen) atoms. The number of benzene rings is 1. The summed E-state index contributed by atoms with van der Waals surface area (Å²) in [5, 5.41) is 0. The maximum atomic E-state index is 11.4. The molecule has 2 rings (SSSR count). The fraction of sp³-hybridized carbons (Fsp3) is 0.462. The first-order valence-electron chi connectivity index (χ1n) is 5.26. The highest BCUT2D eigenvalue weighted by Crippen LogP contribution is 2.32. The third-order valence-corrected chi connectivity index (χ3v) is 3.07. The number of amides is 1. The van der Waals surface area contributed by atoms with Crippen molar-refractivity contribution in [1.82, 2.24) is 4.90 Å². The van der Waals surface area contributed by atoms with Crippen LogP contribution in [0.15, 0.2) is 18.2 Å². The van der Waals surface area contributed by atoms with Crippen LogP contribution in [0.2, 0.25) is 0 Å². The maximum absolute atomic E-state index is 11.4. The molecule has 0 aromatic heterocycles. The Morgan fingerprint density at radius 2 is 2.27 bits per heavy atom. The number of hydrogen-bond donors (Lipinski definition) is 0. The molecule has 2 nitrogen and oxygen atoms in total. The zero-order valence-corrected chi connectivity index (χ0v) is 9.50. The molecule has 0 saturated carbocycles. The van der Waals surface area contributed by atoms with Crippen LogP contribution in [0.3, 0.4) is 0 Å². The molecule has 1 aromatic rings. The van der Waals surface area contributed by atoms with E-state index in [9.17, 15) is 4.79 Å². The molecular formula is C13H16NO. The van der Waals surface area contributed by atoms with Gasteiger partial charge < -0.3 is 4.90 Å². The third kappa shape index (κ3) is 1.76. The molecule has 0 bridgehead atoms. The average Bonchev–Trinajstić information content (AvgIpc) is 2.16. The minimum atomic E-state index is 0.0500. The van der Waals surface area contributed by atoms with E-state index in [1.165, 1.54) is 11.1 Å². The molecule has 1 aliphatic heterocycles. The minimum absolute atomic E-state index is 0.0500. The van der Waals surface area contributed by atoms with Crippen LogP contribution in [-0.2, 0) is 16.8 Å². The summed E-state index contributed by atoms with van der Waals surface area (Å²) >= 11 is 0. The maximum Gasteiger partial charge on any atom is 0.219 e. The van der Waals surface area contributed by atoms with Gasteiger partial charge in [0, 0.05) is 25.4 Å². The summed E-state index contributed by atoms with van der Waals surface area (Å²) in [6.07, 6.45) is 0. The molecule has 1 heterocycles. The highest BCUT2D eigenvalue weighted by molar-refractivity contribution is 5.74. The van der Waals surface area contributed by atoms with Crippen LogP contribution in [0.5, 0.6) is 0 Å². The van der Waals surface area contributed by atoms with Crippen molar-refractivity contribution < 1.29 is 4.79 Å². The molecule has 2 heteroatoms. The molecule has 0 unspecified atom stereocenters. The van der Waals surface area contributed by atoms with E-state index < -0.39 is 0 Å². The van der Waals surface area contributed by atoms with Gasteiger partial charge in [0.25, 0.3) is 0 Å². The van der Waals surface area contributed by atoms with Crippen molar-refractivity contribution in [2.45, 2.75) is 32.7 Å². The smallest absolute Gasteiger partial charge is 0.219 e. The lowest BCUT2D eigenvalue weighted by Crippen LogP contribution is -2.44. The summed E-state index contributed by atoms with van der Waals surface area (Å²) in [5.74, 6) is 0.151. The van der Waals surface area contributed by atoms with Crippen LogP contribution < -0.4 is 0 Å². The lowest BCUT2D eigenvalue weighted by atomic mass is 9.78. The predicted octanol–water partition coefficient (Wildman–Crippen LogP) is 2.13. The van der Waals surface area contributed by atoms with Gasteiger partial charge >= 0.3 is 0 Å². The first-order chi connectivity index (χ1) is 7.00. The highest BCUT2D eigenvalue weighted by Gasteiger charge is 2.32. The Kier molecular flexibility index (Phi) is 2.29. The first kappa shape index (κ1) is 10.2. The van der Waals surface area contributed by atoms with Crippen molar-refractivity contribution in [3.8, 4) is 0 Å². The van der Waals surface area contributed by atoms with E-state index in [4.69, 9.17) is 0 Å². The van der Waals surface area contributed by atoms with E-state index in [0.717, 1.165) is 13.1 Å². The number of nitrogens with zero attached hydrogens (tertiary/aromatic N) is 1. The Labute approximate surface area is 90.9 Å². The number of carbonyl (C=O) groups excluding carboxylic acids is 1. The number of rotatable bonds is 0. The molecule has 0 fully saturated rings. The second kappa shape index (κ2) is 3.37. The topological polar surface area (TPSA) is 20.3 Å². The molecule has 0 saturated heterocycles. The molecule has 0 spiro atoms. The minimum Gasteiger partial charge on any atom is -0.338 e. The standard InChI is InChI=1S/C13H16NO/c1-10(15)14-8-11-6-4-5-7-12(11)13(2,3)9-14/h5-7H,8-9H2,1-3H3. The molecule has 1 radical (unpaired) electrons. The molecule has 0 atom stereocenters. The van der Waals surface area contributed by atoms with Gasteiger partial charge in [-0.25, -0.2) is 0 Å². The number of carbonyl (C=O) groups is 1. The van der Waals surface area contributed by atoms with E-state index in [-0.39, 0.29) is 11.3 Å². The fourth-order valence-corrected chi connectivity index (χ4v) is 2.30. The first-order valence-corrected chi connectivity index (χ1v) is 5.26. The van der Waals surface area contributed by atoms with Gasteiger partial charge in [0.15, 0.2) is 0 Å². The molecule has 1 amide bonds. The Balaban J connectivity index is 2.43. The van der Waals surface area contributed by atoms with Gasteiger partial charge in [0.05, 0.1) is 0 Å². The lowest BCUT2D eigenvalue weighted by molar-refractivity contribution is -0.130. The van der Waals surface area contributed by atoms with Gasteiger partial charge in [0.2, 0.25) is 5.91 Å². The summed E-state index contributed by atoms with van der Waals surface area (Å²) in [7, 11) is 0. The molecule has 1 aromatic carbocycles. The second-order valence-corrected chi connectivity index (χ2v) is 4.84. The van der Waals surface area contributed by atoms with E-state index in [2.05, 4.69) is 26.0 Å². The second-order valence-electron chi connectivity index (χ2n) is 4.84. The van der Waals surface area contributed by atoms with Gasteiger partial charge in [-0.2, -0.15) is 0 Å². The summed E-state index contributed by atoms with van der Waals surface area (Å²) in [6, 6.07) is 9.14. The van der Waals surface area contributed by atoms with Gasteiger partial charge in [-0.05, 0) is 23.3 Å². The Morgan fingerprint density at radius 1 is 1.53 bits per heavy atom. The van der Waals surface area contributed by atoms with E-state index in [1.54, 1.807) is 6.92 Å². The van der Waals surface area contributed by atoms with Crippen LogP contribution in [-0.4, -0.2) is 17.4 Å².